The van der Waals surface area contributed by atoms with E-state index < -0.39 is 6.10 Å². The molecule has 0 aromatic rings. The molecule has 0 heterocycles. The van der Waals surface area contributed by atoms with Gasteiger partial charge in [-0.2, -0.15) is 0 Å². The van der Waals surface area contributed by atoms with Crippen molar-refractivity contribution < 1.29 is 14.6 Å². The molecule has 110 valence electrons. The van der Waals surface area contributed by atoms with E-state index in [0.29, 0.717) is 26.4 Å². The maximum absolute atomic E-state index is 9.61. The highest BCUT2D eigenvalue weighted by molar-refractivity contribution is 4.60. The fourth-order valence-electron chi connectivity index (χ4n) is 1.66. The fourth-order valence-corrected chi connectivity index (χ4v) is 1.66. The molecule has 0 amide bonds. The summed E-state index contributed by atoms with van der Waals surface area (Å²) < 4.78 is 10.1. The summed E-state index contributed by atoms with van der Waals surface area (Å²) in [6.45, 7) is 10.7. The normalized spacial score (nSPS) is 13.2. The average molecular weight is 262 g/mol. The molecule has 0 bridgehead atoms. The van der Waals surface area contributed by atoms with Crippen molar-refractivity contribution in [1.29, 1.82) is 0 Å². The van der Waals surface area contributed by atoms with E-state index in [4.69, 9.17) is 9.47 Å². The number of hydrogen-bond acceptors (Lipinski definition) is 5. The molecular formula is C13H30N2O3. The van der Waals surface area contributed by atoms with E-state index in [9.17, 15) is 5.11 Å². The third-order valence-corrected chi connectivity index (χ3v) is 2.84. The number of nitrogens with one attached hydrogen (secondary N) is 1. The Morgan fingerprint density at radius 1 is 1.22 bits per heavy atom. The molecule has 0 aliphatic rings. The Balaban J connectivity index is 3.26. The summed E-state index contributed by atoms with van der Waals surface area (Å²) in [5.74, 6) is 0. The zero-order chi connectivity index (χ0) is 13.6. The number of aliphatic hydroxyl groups excluding tert-OH is 1. The van der Waals surface area contributed by atoms with Crippen LogP contribution in [0.25, 0.3) is 0 Å². The van der Waals surface area contributed by atoms with Gasteiger partial charge in [0.1, 0.15) is 0 Å². The summed E-state index contributed by atoms with van der Waals surface area (Å²) in [5.41, 5.74) is 0. The Kier molecular flexibility index (Phi) is 13.1. The fraction of sp³-hybridized carbons (Fsp3) is 1.00. The minimum absolute atomic E-state index is 0.367. The molecule has 2 N–H and O–H groups in total. The largest absolute Gasteiger partial charge is 0.389 e. The maximum Gasteiger partial charge on any atom is 0.0897 e. The number of methoxy groups -OCH3 is 1. The second-order valence-corrected chi connectivity index (χ2v) is 4.31. The molecule has 0 rings (SSSR count). The molecule has 1 atom stereocenters. The Hall–Kier alpha value is -0.200. The van der Waals surface area contributed by atoms with E-state index in [1.165, 1.54) is 0 Å². The lowest BCUT2D eigenvalue weighted by Crippen LogP contribution is -2.33. The van der Waals surface area contributed by atoms with Gasteiger partial charge < -0.3 is 24.8 Å². The molecule has 0 fully saturated rings. The van der Waals surface area contributed by atoms with Crippen LogP contribution in [0.3, 0.4) is 0 Å². The van der Waals surface area contributed by atoms with Crippen molar-refractivity contribution >= 4 is 0 Å². The van der Waals surface area contributed by atoms with Crippen molar-refractivity contribution in [2.24, 2.45) is 0 Å². The van der Waals surface area contributed by atoms with Gasteiger partial charge in [-0.25, -0.2) is 0 Å². The molecule has 0 aromatic heterocycles. The van der Waals surface area contributed by atoms with E-state index in [1.54, 1.807) is 7.11 Å². The van der Waals surface area contributed by atoms with Crippen LogP contribution >= 0.6 is 0 Å². The minimum atomic E-state index is -0.435. The second kappa shape index (κ2) is 13.2. The molecule has 0 saturated heterocycles. The lowest BCUT2D eigenvalue weighted by atomic mass is 10.3. The smallest absolute Gasteiger partial charge is 0.0897 e. The molecule has 1 unspecified atom stereocenters. The van der Waals surface area contributed by atoms with Gasteiger partial charge in [-0.05, 0) is 32.6 Å². The van der Waals surface area contributed by atoms with Gasteiger partial charge in [0.05, 0.1) is 25.9 Å². The number of aliphatic hydroxyl groups is 1. The first-order valence-corrected chi connectivity index (χ1v) is 6.92. The van der Waals surface area contributed by atoms with E-state index in [-0.39, 0.29) is 0 Å². The lowest BCUT2D eigenvalue weighted by molar-refractivity contribution is 0.0138. The summed E-state index contributed by atoms with van der Waals surface area (Å²) in [7, 11) is 1.64. The Labute approximate surface area is 111 Å². The van der Waals surface area contributed by atoms with E-state index >= 15 is 0 Å². The SMILES string of the molecule is CCN(CC)CCCNCC(O)COCCOC. The third kappa shape index (κ3) is 10.9. The van der Waals surface area contributed by atoms with Crippen molar-refractivity contribution in [3.8, 4) is 0 Å². The zero-order valence-electron chi connectivity index (χ0n) is 12.2. The summed E-state index contributed by atoms with van der Waals surface area (Å²) in [4.78, 5) is 2.39. The summed E-state index contributed by atoms with van der Waals surface area (Å²) in [6.07, 6.45) is 0.675. The predicted molar refractivity (Wildman–Crippen MR) is 74.0 cm³/mol. The Morgan fingerprint density at radius 3 is 2.56 bits per heavy atom. The highest BCUT2D eigenvalue weighted by Gasteiger charge is 2.03. The van der Waals surface area contributed by atoms with Crippen molar-refractivity contribution in [3.05, 3.63) is 0 Å². The van der Waals surface area contributed by atoms with Crippen LogP contribution in [0.15, 0.2) is 0 Å². The number of hydrogen-bond donors (Lipinski definition) is 2. The summed E-state index contributed by atoms with van der Waals surface area (Å²) >= 11 is 0. The van der Waals surface area contributed by atoms with Gasteiger partial charge in [0.2, 0.25) is 0 Å². The standard InChI is InChI=1S/C13H30N2O3/c1-4-15(5-2)8-6-7-14-11-13(16)12-18-10-9-17-3/h13-14,16H,4-12H2,1-3H3. The van der Waals surface area contributed by atoms with Crippen LogP contribution in [0.4, 0.5) is 0 Å². The predicted octanol–water partition coefficient (Wildman–Crippen LogP) is 0.332. The van der Waals surface area contributed by atoms with Crippen LogP contribution < -0.4 is 5.32 Å². The molecule has 5 heteroatoms. The first kappa shape index (κ1) is 17.8. The van der Waals surface area contributed by atoms with Gasteiger partial charge in [0.25, 0.3) is 0 Å². The summed E-state index contributed by atoms with van der Waals surface area (Å²) in [6, 6.07) is 0. The lowest BCUT2D eigenvalue weighted by Gasteiger charge is -2.18. The van der Waals surface area contributed by atoms with Gasteiger partial charge in [-0.3, -0.25) is 0 Å². The summed E-state index contributed by atoms with van der Waals surface area (Å²) in [5, 5.41) is 12.9. The zero-order valence-corrected chi connectivity index (χ0v) is 12.2. The molecule has 5 nitrogen and oxygen atoms in total. The molecule has 0 spiro atoms. The van der Waals surface area contributed by atoms with Gasteiger partial charge >= 0.3 is 0 Å². The van der Waals surface area contributed by atoms with Crippen LogP contribution in [0.5, 0.6) is 0 Å². The van der Waals surface area contributed by atoms with Crippen molar-refractivity contribution in [3.63, 3.8) is 0 Å². The van der Waals surface area contributed by atoms with Crippen LogP contribution in [-0.4, -0.2) is 75.8 Å². The average Bonchev–Trinajstić information content (AvgIpc) is 2.39. The van der Waals surface area contributed by atoms with Crippen molar-refractivity contribution in [2.75, 3.05) is 59.7 Å². The monoisotopic (exact) mass is 262 g/mol. The Morgan fingerprint density at radius 2 is 1.94 bits per heavy atom. The van der Waals surface area contributed by atoms with Gasteiger partial charge in [-0.15, -0.1) is 0 Å². The molecule has 0 radical (unpaired) electrons. The topological polar surface area (TPSA) is 54.0 Å². The van der Waals surface area contributed by atoms with Crippen molar-refractivity contribution in [1.82, 2.24) is 10.2 Å². The van der Waals surface area contributed by atoms with Crippen LogP contribution in [-0.2, 0) is 9.47 Å². The van der Waals surface area contributed by atoms with E-state index in [2.05, 4.69) is 24.1 Å². The first-order valence-electron chi connectivity index (χ1n) is 6.92. The maximum atomic E-state index is 9.61. The highest BCUT2D eigenvalue weighted by Crippen LogP contribution is 1.90. The highest BCUT2D eigenvalue weighted by atomic mass is 16.5. The van der Waals surface area contributed by atoms with Gasteiger partial charge in [0, 0.05) is 13.7 Å². The molecule has 0 aliphatic heterocycles. The molecular weight excluding hydrogens is 232 g/mol. The number of rotatable bonds is 13. The number of nitrogens with zero attached hydrogens (tertiary/aromatic N) is 1. The van der Waals surface area contributed by atoms with Crippen LogP contribution in [0.2, 0.25) is 0 Å². The van der Waals surface area contributed by atoms with E-state index in [1.807, 2.05) is 0 Å². The van der Waals surface area contributed by atoms with Crippen molar-refractivity contribution in [2.45, 2.75) is 26.4 Å². The van der Waals surface area contributed by atoms with Gasteiger partial charge in [0.15, 0.2) is 0 Å². The molecule has 0 aliphatic carbocycles. The third-order valence-electron chi connectivity index (χ3n) is 2.84. The quantitative estimate of drug-likeness (QED) is 0.469. The first-order chi connectivity index (χ1) is 8.74. The molecule has 0 saturated carbocycles. The second-order valence-electron chi connectivity index (χ2n) is 4.31. The van der Waals surface area contributed by atoms with Crippen LogP contribution in [0.1, 0.15) is 20.3 Å². The Bertz CT molecular complexity index is 166. The minimum Gasteiger partial charge on any atom is -0.389 e. The molecule has 0 aromatic carbocycles. The van der Waals surface area contributed by atoms with Gasteiger partial charge in [-0.1, -0.05) is 13.8 Å². The molecule has 18 heavy (non-hydrogen) atoms. The number of ether oxygens (including phenoxy) is 2. The van der Waals surface area contributed by atoms with Crippen LogP contribution in [0, 0.1) is 0 Å². The van der Waals surface area contributed by atoms with E-state index in [0.717, 1.165) is 32.6 Å².